The monoisotopic (exact) mass is 309 g/mol. The first-order valence-corrected chi connectivity index (χ1v) is 7.71. The lowest BCUT2D eigenvalue weighted by atomic mass is 9.87. The average Bonchev–Trinajstić information content (AvgIpc) is 2.79. The fraction of sp³-hybridized carbons (Fsp3) is 0.263. The molecule has 2 aromatic carbocycles. The third kappa shape index (κ3) is 2.66. The van der Waals surface area contributed by atoms with Crippen LogP contribution in [0.25, 0.3) is 0 Å². The van der Waals surface area contributed by atoms with Crippen molar-refractivity contribution in [2.45, 2.75) is 32.3 Å². The van der Waals surface area contributed by atoms with E-state index in [0.717, 1.165) is 17.5 Å². The van der Waals surface area contributed by atoms with Crippen molar-refractivity contribution >= 4 is 17.4 Å². The van der Waals surface area contributed by atoms with Gasteiger partial charge in [0, 0.05) is 16.8 Å². The zero-order chi connectivity index (χ0) is 16.6. The fourth-order valence-electron chi connectivity index (χ4n) is 2.89. The lowest BCUT2D eigenvalue weighted by Crippen LogP contribution is -2.36. The lowest BCUT2D eigenvalue weighted by molar-refractivity contribution is -0.133. The van der Waals surface area contributed by atoms with Crippen LogP contribution in [0.4, 0.5) is 5.69 Å². The molecule has 3 rings (SSSR count). The molecular formula is C19H19NO3. The van der Waals surface area contributed by atoms with Gasteiger partial charge in [-0.1, -0.05) is 48.9 Å². The van der Waals surface area contributed by atoms with E-state index in [0.29, 0.717) is 16.8 Å². The summed E-state index contributed by atoms with van der Waals surface area (Å²) in [6, 6.07) is 12.6. The number of ketones is 1. The van der Waals surface area contributed by atoms with Gasteiger partial charge in [0.1, 0.15) is 0 Å². The van der Waals surface area contributed by atoms with Crippen LogP contribution in [0.1, 0.15) is 40.4 Å². The van der Waals surface area contributed by atoms with Gasteiger partial charge in [0.25, 0.3) is 5.91 Å². The number of anilines is 1. The van der Waals surface area contributed by atoms with Gasteiger partial charge in [0.2, 0.25) is 0 Å². The molecule has 1 aliphatic heterocycles. The maximum absolute atomic E-state index is 12.5. The summed E-state index contributed by atoms with van der Waals surface area (Å²) in [6.45, 7) is 3.93. The Labute approximate surface area is 135 Å². The fourth-order valence-corrected chi connectivity index (χ4v) is 2.89. The zero-order valence-corrected chi connectivity index (χ0v) is 13.2. The molecule has 0 fully saturated rings. The number of aryl methyl sites for hydroxylation is 2. The van der Waals surface area contributed by atoms with Crippen LogP contribution in [0.15, 0.2) is 42.5 Å². The smallest absolute Gasteiger partial charge is 0.261 e. The molecule has 0 saturated carbocycles. The van der Waals surface area contributed by atoms with Crippen molar-refractivity contribution in [3.8, 4) is 0 Å². The van der Waals surface area contributed by atoms with Gasteiger partial charge in [0.05, 0.1) is 6.42 Å². The molecule has 1 amide bonds. The zero-order valence-electron chi connectivity index (χ0n) is 13.2. The number of carbonyl (C=O) groups excluding carboxylic acids is 2. The Kier molecular flexibility index (Phi) is 3.78. The van der Waals surface area contributed by atoms with Crippen molar-refractivity contribution in [3.63, 3.8) is 0 Å². The number of fused-ring (bicyclic) bond motifs is 1. The average molecular weight is 309 g/mol. The molecule has 23 heavy (non-hydrogen) atoms. The maximum Gasteiger partial charge on any atom is 0.261 e. The molecule has 0 saturated heterocycles. The molecule has 4 heteroatoms. The number of rotatable bonds is 4. The predicted octanol–water partition coefficient (Wildman–Crippen LogP) is 2.97. The van der Waals surface area contributed by atoms with Gasteiger partial charge >= 0.3 is 0 Å². The van der Waals surface area contributed by atoms with E-state index in [4.69, 9.17) is 0 Å². The number of hydrogen-bond donors (Lipinski definition) is 2. The molecule has 0 aromatic heterocycles. The summed E-state index contributed by atoms with van der Waals surface area (Å²) in [5, 5.41) is 13.5. The van der Waals surface area contributed by atoms with Crippen molar-refractivity contribution in [3.05, 3.63) is 64.7 Å². The molecule has 0 aliphatic carbocycles. The first-order chi connectivity index (χ1) is 10.9. The number of amides is 1. The van der Waals surface area contributed by atoms with Gasteiger partial charge in [-0.15, -0.1) is 0 Å². The van der Waals surface area contributed by atoms with Crippen LogP contribution in [-0.4, -0.2) is 16.8 Å². The summed E-state index contributed by atoms with van der Waals surface area (Å²) >= 11 is 0. The van der Waals surface area contributed by atoms with E-state index >= 15 is 0 Å². The summed E-state index contributed by atoms with van der Waals surface area (Å²) < 4.78 is 0. The van der Waals surface area contributed by atoms with Gasteiger partial charge < -0.3 is 10.4 Å². The van der Waals surface area contributed by atoms with Crippen LogP contribution in [0.2, 0.25) is 0 Å². The summed E-state index contributed by atoms with van der Waals surface area (Å²) in [7, 11) is 0. The Balaban J connectivity index is 1.90. The Bertz CT molecular complexity index is 780. The van der Waals surface area contributed by atoms with Gasteiger partial charge in [-0.3, -0.25) is 9.59 Å². The van der Waals surface area contributed by atoms with Crippen molar-refractivity contribution < 1.29 is 14.7 Å². The minimum Gasteiger partial charge on any atom is -0.375 e. The Morgan fingerprint density at radius 1 is 1.17 bits per heavy atom. The highest BCUT2D eigenvalue weighted by Crippen LogP contribution is 2.39. The quantitative estimate of drug-likeness (QED) is 0.853. The number of aliphatic hydroxyl groups is 1. The molecule has 2 aromatic rings. The van der Waals surface area contributed by atoms with E-state index in [1.165, 1.54) is 0 Å². The van der Waals surface area contributed by atoms with Crippen molar-refractivity contribution in [2.75, 3.05) is 5.32 Å². The number of nitrogens with one attached hydrogen (secondary N) is 1. The Morgan fingerprint density at radius 3 is 2.52 bits per heavy atom. The minimum atomic E-state index is -1.80. The molecular weight excluding hydrogens is 290 g/mol. The van der Waals surface area contributed by atoms with E-state index in [9.17, 15) is 14.7 Å². The number of Topliss-reactive ketones (excluding diaryl/α,β-unsaturated/α-hetero) is 1. The number of hydrogen-bond acceptors (Lipinski definition) is 3. The maximum atomic E-state index is 12.5. The van der Waals surface area contributed by atoms with E-state index in [-0.39, 0.29) is 12.2 Å². The second kappa shape index (κ2) is 5.63. The molecule has 0 radical (unpaired) electrons. The first kappa shape index (κ1) is 15.4. The third-order valence-electron chi connectivity index (χ3n) is 4.35. The lowest BCUT2D eigenvalue weighted by Gasteiger charge is -2.20. The van der Waals surface area contributed by atoms with Crippen LogP contribution in [-0.2, 0) is 16.8 Å². The van der Waals surface area contributed by atoms with Crippen LogP contribution < -0.4 is 5.32 Å². The van der Waals surface area contributed by atoms with Gasteiger partial charge in [-0.05, 0) is 25.0 Å². The summed E-state index contributed by atoms with van der Waals surface area (Å²) in [6.07, 6.45) is 0.633. The van der Waals surface area contributed by atoms with Crippen LogP contribution >= 0.6 is 0 Å². The van der Waals surface area contributed by atoms with Crippen LogP contribution in [0.5, 0.6) is 0 Å². The first-order valence-electron chi connectivity index (χ1n) is 7.71. The van der Waals surface area contributed by atoms with Gasteiger partial charge in [-0.2, -0.15) is 0 Å². The minimum absolute atomic E-state index is 0.250. The molecule has 0 bridgehead atoms. The SMILES string of the molecule is CCc1ccc(C(=O)C[C@]2(O)C(=O)Nc3ccc(C)cc32)cc1. The van der Waals surface area contributed by atoms with Crippen LogP contribution in [0.3, 0.4) is 0 Å². The molecule has 0 spiro atoms. The topological polar surface area (TPSA) is 66.4 Å². The highest BCUT2D eigenvalue weighted by Gasteiger charge is 2.46. The van der Waals surface area contributed by atoms with Crippen LogP contribution in [0, 0.1) is 6.92 Å². The number of benzene rings is 2. The van der Waals surface area contributed by atoms with Gasteiger partial charge in [-0.25, -0.2) is 0 Å². The molecule has 1 heterocycles. The van der Waals surface area contributed by atoms with E-state index in [1.54, 1.807) is 24.3 Å². The van der Waals surface area contributed by atoms with E-state index in [1.807, 2.05) is 32.0 Å². The molecule has 2 N–H and O–H groups in total. The molecule has 1 atom stereocenters. The predicted molar refractivity (Wildman–Crippen MR) is 88.5 cm³/mol. The highest BCUT2D eigenvalue weighted by atomic mass is 16.3. The highest BCUT2D eigenvalue weighted by molar-refractivity contribution is 6.09. The van der Waals surface area contributed by atoms with E-state index in [2.05, 4.69) is 5.32 Å². The summed E-state index contributed by atoms with van der Waals surface area (Å²) in [4.78, 5) is 24.7. The summed E-state index contributed by atoms with van der Waals surface area (Å²) in [5.41, 5.74) is 1.81. The normalized spacial score (nSPS) is 19.3. The standard InChI is InChI=1S/C19H19NO3/c1-3-13-5-7-14(8-6-13)17(21)11-19(23)15-10-12(2)4-9-16(15)20-18(19)22/h4-10,23H,3,11H2,1-2H3,(H,20,22)/t19-/m1/s1. The molecule has 118 valence electrons. The van der Waals surface area contributed by atoms with Gasteiger partial charge in [0.15, 0.2) is 11.4 Å². The second-order valence-electron chi connectivity index (χ2n) is 6.01. The Hall–Kier alpha value is -2.46. The Morgan fingerprint density at radius 2 is 1.87 bits per heavy atom. The molecule has 4 nitrogen and oxygen atoms in total. The third-order valence-corrected chi connectivity index (χ3v) is 4.35. The summed E-state index contributed by atoms with van der Waals surface area (Å²) in [5.74, 6) is -0.795. The largest absolute Gasteiger partial charge is 0.375 e. The number of carbonyl (C=O) groups is 2. The van der Waals surface area contributed by atoms with Crippen molar-refractivity contribution in [1.82, 2.24) is 0 Å². The molecule has 0 unspecified atom stereocenters. The molecule has 1 aliphatic rings. The van der Waals surface area contributed by atoms with Crippen molar-refractivity contribution in [1.29, 1.82) is 0 Å². The van der Waals surface area contributed by atoms with E-state index < -0.39 is 11.5 Å². The van der Waals surface area contributed by atoms with Crippen molar-refractivity contribution in [2.24, 2.45) is 0 Å². The second-order valence-corrected chi connectivity index (χ2v) is 6.01.